The molecule has 244 valence electrons. The van der Waals surface area contributed by atoms with E-state index in [4.69, 9.17) is 10.5 Å². The molecule has 2 fully saturated rings. The first kappa shape index (κ1) is 32.2. The molecular weight excluding hydrogens is 617 g/mol. The lowest BCUT2D eigenvalue weighted by molar-refractivity contribution is -0.185. The van der Waals surface area contributed by atoms with E-state index >= 15 is 0 Å². The number of nitrogens with zero attached hydrogens (tertiary/aromatic N) is 6. The van der Waals surface area contributed by atoms with Gasteiger partial charge in [0.2, 0.25) is 11.8 Å². The molecule has 5 heterocycles. The van der Waals surface area contributed by atoms with Crippen molar-refractivity contribution in [2.24, 2.45) is 11.8 Å². The Balaban J connectivity index is 1.40. The van der Waals surface area contributed by atoms with Crippen LogP contribution in [0.4, 0.5) is 36.6 Å². The molecule has 0 aliphatic carbocycles. The van der Waals surface area contributed by atoms with Gasteiger partial charge in [-0.1, -0.05) is 0 Å². The fourth-order valence-corrected chi connectivity index (χ4v) is 5.61. The zero-order chi connectivity index (χ0) is 32.8. The Morgan fingerprint density at radius 3 is 2.51 bits per heavy atom. The molecule has 2 amide bonds. The molecule has 2 saturated heterocycles. The van der Waals surface area contributed by atoms with E-state index in [2.05, 4.69) is 20.4 Å². The van der Waals surface area contributed by atoms with Crippen LogP contribution in [0.15, 0.2) is 24.7 Å². The first-order valence-electron chi connectivity index (χ1n) is 13.8. The molecule has 5 rings (SSSR count). The number of anilines is 1. The van der Waals surface area contributed by atoms with E-state index in [9.17, 15) is 40.3 Å². The summed E-state index contributed by atoms with van der Waals surface area (Å²) in [5, 5.41) is 6.65. The number of nitrogens with two attached hydrogens (primary N) is 1. The minimum atomic E-state index is -4.80. The number of fused-ring (bicyclic) bond motifs is 1. The van der Waals surface area contributed by atoms with E-state index in [1.165, 1.54) is 30.2 Å². The molecule has 0 radical (unpaired) electrons. The zero-order valence-corrected chi connectivity index (χ0v) is 24.0. The van der Waals surface area contributed by atoms with Gasteiger partial charge in [0.1, 0.15) is 29.5 Å². The summed E-state index contributed by atoms with van der Waals surface area (Å²) in [7, 11) is 1.24. The van der Waals surface area contributed by atoms with Gasteiger partial charge >= 0.3 is 12.4 Å². The summed E-state index contributed by atoms with van der Waals surface area (Å²) in [5.74, 6) is -6.02. The maximum atomic E-state index is 14.8. The molecule has 2 aliphatic heterocycles. The molecule has 0 spiro atoms. The van der Waals surface area contributed by atoms with Gasteiger partial charge in [-0.25, -0.2) is 18.9 Å². The van der Waals surface area contributed by atoms with Crippen molar-refractivity contribution in [1.82, 2.24) is 34.7 Å². The van der Waals surface area contributed by atoms with E-state index in [0.717, 1.165) is 4.90 Å². The fourth-order valence-electron chi connectivity index (χ4n) is 5.61. The van der Waals surface area contributed by atoms with Gasteiger partial charge < -0.3 is 20.7 Å². The number of rotatable bonds is 7. The van der Waals surface area contributed by atoms with Crippen LogP contribution in [-0.2, 0) is 11.3 Å². The van der Waals surface area contributed by atoms with Crippen molar-refractivity contribution in [3.63, 3.8) is 0 Å². The molecule has 11 nitrogen and oxygen atoms in total. The molecule has 0 saturated carbocycles. The first-order chi connectivity index (χ1) is 21.1. The molecule has 18 heteroatoms. The number of nitrogen functional groups attached to an aromatic ring is 1. The highest BCUT2D eigenvalue weighted by molar-refractivity contribution is 5.98. The number of carbonyl (C=O) groups is 2. The quantitative estimate of drug-likeness (QED) is 0.375. The maximum absolute atomic E-state index is 14.8. The SMILES string of the molecule is COc1ncc(-c2cc(CN3CCC(C(F)(F)F)C3)c3c(N)ncnn23)cc1C(=O)NC1CN(C(=O)C(C)C(F)(F)F)CC1F. The highest BCUT2D eigenvalue weighted by Crippen LogP contribution is 2.36. The summed E-state index contributed by atoms with van der Waals surface area (Å²) in [4.78, 5) is 36.1. The number of hydrogen-bond donors (Lipinski definition) is 2. The number of aromatic nitrogens is 4. The third kappa shape index (κ3) is 6.46. The van der Waals surface area contributed by atoms with Crippen LogP contribution in [0.1, 0.15) is 29.3 Å². The Morgan fingerprint density at radius 1 is 1.13 bits per heavy atom. The monoisotopic (exact) mass is 646 g/mol. The molecule has 3 aromatic heterocycles. The van der Waals surface area contributed by atoms with Crippen molar-refractivity contribution in [1.29, 1.82) is 0 Å². The van der Waals surface area contributed by atoms with Crippen LogP contribution >= 0.6 is 0 Å². The number of likely N-dealkylation sites (tertiary alicyclic amines) is 2. The van der Waals surface area contributed by atoms with Gasteiger partial charge in [-0.15, -0.1) is 0 Å². The van der Waals surface area contributed by atoms with Crippen LogP contribution in [-0.4, -0.2) is 99.1 Å². The Hall–Kier alpha value is -4.22. The Morgan fingerprint density at radius 2 is 1.87 bits per heavy atom. The van der Waals surface area contributed by atoms with Gasteiger partial charge in [0.15, 0.2) is 5.82 Å². The standard InChI is InChI=1S/C27H29F7N8O3/c1-13(26(29,30)31)25(44)41-10-18(28)19(11-41)39-23(43)17-5-14(7-36-24(17)45-2)20-6-15(21-22(35)37-12-38-42(20)21)8-40-4-3-16(9-40)27(32,33)34/h5-7,12-13,16,18-19H,3-4,8-11H2,1-2H3,(H,39,43)(H2,35,37,38). The van der Waals surface area contributed by atoms with Gasteiger partial charge in [0.05, 0.1) is 31.3 Å². The number of nitrogens with one attached hydrogen (secondary N) is 1. The Kier molecular flexibility index (Phi) is 8.54. The predicted octanol–water partition coefficient (Wildman–Crippen LogP) is 3.24. The molecule has 3 N–H and O–H groups in total. The largest absolute Gasteiger partial charge is 0.480 e. The maximum Gasteiger partial charge on any atom is 0.400 e. The van der Waals surface area contributed by atoms with Crippen LogP contribution in [0.3, 0.4) is 0 Å². The molecule has 4 unspecified atom stereocenters. The highest BCUT2D eigenvalue weighted by Gasteiger charge is 2.47. The number of methoxy groups -OCH3 is 1. The minimum Gasteiger partial charge on any atom is -0.480 e. The van der Waals surface area contributed by atoms with Crippen LogP contribution in [0.5, 0.6) is 5.88 Å². The number of halogens is 7. The molecule has 45 heavy (non-hydrogen) atoms. The number of carbonyl (C=O) groups excluding carboxylic acids is 2. The lowest BCUT2D eigenvalue weighted by atomic mass is 10.1. The summed E-state index contributed by atoms with van der Waals surface area (Å²) < 4.78 is 100. The van der Waals surface area contributed by atoms with Crippen LogP contribution in [0.25, 0.3) is 16.8 Å². The Labute approximate surface area is 251 Å². The van der Waals surface area contributed by atoms with Crippen LogP contribution < -0.4 is 15.8 Å². The molecular formula is C27H29F7N8O3. The first-order valence-corrected chi connectivity index (χ1v) is 13.8. The number of pyridine rings is 1. The highest BCUT2D eigenvalue weighted by atomic mass is 19.4. The lowest BCUT2D eigenvalue weighted by Gasteiger charge is -2.22. The molecule has 0 aromatic carbocycles. The van der Waals surface area contributed by atoms with Crippen LogP contribution in [0, 0.1) is 11.8 Å². The van der Waals surface area contributed by atoms with Crippen molar-refractivity contribution >= 4 is 23.1 Å². The number of hydrogen-bond acceptors (Lipinski definition) is 8. The topological polar surface area (TPSA) is 131 Å². The summed E-state index contributed by atoms with van der Waals surface area (Å²) in [6.45, 7) is -0.271. The van der Waals surface area contributed by atoms with Gasteiger partial charge in [-0.05, 0) is 37.6 Å². The summed E-state index contributed by atoms with van der Waals surface area (Å²) in [5.41, 5.74) is 7.55. The van der Waals surface area contributed by atoms with E-state index in [1.807, 2.05) is 0 Å². The second kappa shape index (κ2) is 11.9. The number of alkyl halides is 7. The van der Waals surface area contributed by atoms with E-state index in [-0.39, 0.29) is 43.3 Å². The smallest absolute Gasteiger partial charge is 0.400 e. The number of amides is 2. The average molecular weight is 647 g/mol. The van der Waals surface area contributed by atoms with Crippen molar-refractivity contribution < 1.29 is 45.1 Å². The van der Waals surface area contributed by atoms with Gasteiger partial charge in [0, 0.05) is 31.4 Å². The molecule has 0 bridgehead atoms. The molecule has 4 atom stereocenters. The van der Waals surface area contributed by atoms with E-state index in [0.29, 0.717) is 29.3 Å². The van der Waals surface area contributed by atoms with Gasteiger partial charge in [-0.3, -0.25) is 14.5 Å². The second-order valence-electron chi connectivity index (χ2n) is 11.1. The summed E-state index contributed by atoms with van der Waals surface area (Å²) >= 11 is 0. The van der Waals surface area contributed by atoms with Crippen molar-refractivity contribution in [2.75, 3.05) is 39.0 Å². The van der Waals surface area contributed by atoms with Crippen molar-refractivity contribution in [3.05, 3.63) is 35.8 Å². The van der Waals surface area contributed by atoms with E-state index < -0.39 is 61.3 Å². The van der Waals surface area contributed by atoms with Gasteiger partial charge in [-0.2, -0.15) is 31.4 Å². The molecule has 3 aromatic rings. The van der Waals surface area contributed by atoms with Crippen LogP contribution in [0.2, 0.25) is 0 Å². The lowest BCUT2D eigenvalue weighted by Crippen LogP contribution is -2.43. The summed E-state index contributed by atoms with van der Waals surface area (Å²) in [6, 6.07) is 1.72. The third-order valence-electron chi connectivity index (χ3n) is 8.11. The minimum absolute atomic E-state index is 0.0387. The van der Waals surface area contributed by atoms with Gasteiger partial charge in [0.25, 0.3) is 5.91 Å². The fraction of sp³-hybridized carbons (Fsp3) is 0.519. The summed E-state index contributed by atoms with van der Waals surface area (Å²) in [6.07, 6.45) is -8.44. The predicted molar refractivity (Wildman–Crippen MR) is 145 cm³/mol. The second-order valence-corrected chi connectivity index (χ2v) is 11.1. The zero-order valence-electron chi connectivity index (χ0n) is 24.0. The van der Waals surface area contributed by atoms with Crippen molar-refractivity contribution in [2.45, 2.75) is 44.5 Å². The molecule has 2 aliphatic rings. The normalized spacial score (nSPS) is 21.8. The third-order valence-corrected chi connectivity index (χ3v) is 8.11. The number of ether oxygens (including phenoxy) is 1. The van der Waals surface area contributed by atoms with E-state index in [1.54, 1.807) is 11.0 Å². The average Bonchev–Trinajstić information content (AvgIpc) is 3.70. The Bertz CT molecular complexity index is 1590. The van der Waals surface area contributed by atoms with Crippen molar-refractivity contribution in [3.8, 4) is 17.1 Å².